The van der Waals surface area contributed by atoms with Crippen LogP contribution in [0, 0.1) is 6.92 Å². The molecule has 0 aliphatic carbocycles. The summed E-state index contributed by atoms with van der Waals surface area (Å²) in [5.74, 6) is 0.112. The summed E-state index contributed by atoms with van der Waals surface area (Å²) in [6, 6.07) is 6.21. The lowest BCUT2D eigenvalue weighted by Gasteiger charge is -2.30. The number of nitrogens with one attached hydrogen (secondary N) is 1. The van der Waals surface area contributed by atoms with Gasteiger partial charge in [-0.15, -0.1) is 0 Å². The Balaban J connectivity index is 1.81. The van der Waals surface area contributed by atoms with Gasteiger partial charge in [0.15, 0.2) is 5.65 Å². The second-order valence-corrected chi connectivity index (χ2v) is 8.10. The third-order valence-corrected chi connectivity index (χ3v) is 5.24. The molecule has 0 spiro atoms. The molecule has 0 radical (unpaired) electrons. The highest BCUT2D eigenvalue weighted by atomic mass is 35.5. The molecular formula is C21H27ClN6O. The summed E-state index contributed by atoms with van der Waals surface area (Å²) in [5, 5.41) is 8.41. The Hall–Kier alpha value is -2.51. The van der Waals surface area contributed by atoms with E-state index in [9.17, 15) is 4.79 Å². The Morgan fingerprint density at radius 1 is 1.21 bits per heavy atom. The van der Waals surface area contributed by atoms with E-state index >= 15 is 0 Å². The maximum absolute atomic E-state index is 12.7. The smallest absolute Gasteiger partial charge is 0.258 e. The monoisotopic (exact) mass is 414 g/mol. The minimum Gasteiger partial charge on any atom is -0.306 e. The summed E-state index contributed by atoms with van der Waals surface area (Å²) in [5.41, 5.74) is 2.09. The highest BCUT2D eigenvalue weighted by Crippen LogP contribution is 2.22. The lowest BCUT2D eigenvalue weighted by atomic mass is 10.1. The summed E-state index contributed by atoms with van der Waals surface area (Å²) < 4.78 is 1.85. The van der Waals surface area contributed by atoms with Gasteiger partial charge in [0.05, 0.1) is 28.7 Å². The van der Waals surface area contributed by atoms with E-state index in [0.29, 0.717) is 46.1 Å². The molecule has 1 aromatic carbocycles. The van der Waals surface area contributed by atoms with Crippen LogP contribution in [0.2, 0.25) is 5.02 Å². The molecule has 0 unspecified atom stereocenters. The third-order valence-electron chi connectivity index (χ3n) is 4.93. The predicted molar refractivity (Wildman–Crippen MR) is 116 cm³/mol. The molecule has 8 heteroatoms. The molecule has 7 nitrogen and oxygen atoms in total. The van der Waals surface area contributed by atoms with Gasteiger partial charge in [-0.1, -0.05) is 17.7 Å². The van der Waals surface area contributed by atoms with Crippen LogP contribution in [0.4, 0.5) is 5.82 Å². The molecule has 3 aromatic rings. The second-order valence-electron chi connectivity index (χ2n) is 7.69. The molecule has 0 saturated carbocycles. The molecular weight excluding hydrogens is 388 g/mol. The van der Waals surface area contributed by atoms with Gasteiger partial charge in [0, 0.05) is 18.6 Å². The van der Waals surface area contributed by atoms with Crippen molar-refractivity contribution in [3.8, 4) is 0 Å². The zero-order valence-electron chi connectivity index (χ0n) is 17.5. The zero-order chi connectivity index (χ0) is 21.1. The Labute approximate surface area is 176 Å². The van der Waals surface area contributed by atoms with Gasteiger partial charge in [0.25, 0.3) is 5.91 Å². The van der Waals surface area contributed by atoms with Gasteiger partial charge < -0.3 is 5.32 Å². The topological polar surface area (TPSA) is 75.9 Å². The third kappa shape index (κ3) is 4.74. The van der Waals surface area contributed by atoms with Crippen LogP contribution >= 0.6 is 11.6 Å². The molecule has 154 valence electrons. The molecule has 3 rings (SSSR count). The average molecular weight is 415 g/mol. The van der Waals surface area contributed by atoms with Crippen molar-refractivity contribution in [1.29, 1.82) is 0 Å². The number of carbonyl (C=O) groups excluding carboxylic acids is 1. The first-order valence-electron chi connectivity index (χ1n) is 9.77. The molecule has 0 saturated heterocycles. The predicted octanol–water partition coefficient (Wildman–Crippen LogP) is 4.16. The number of amides is 1. The van der Waals surface area contributed by atoms with Gasteiger partial charge >= 0.3 is 0 Å². The lowest BCUT2D eigenvalue weighted by Crippen LogP contribution is -2.39. The highest BCUT2D eigenvalue weighted by molar-refractivity contribution is 6.34. The van der Waals surface area contributed by atoms with Crippen LogP contribution < -0.4 is 5.32 Å². The first-order valence-corrected chi connectivity index (χ1v) is 10.2. The number of fused-ring (bicyclic) bond motifs is 1. The summed E-state index contributed by atoms with van der Waals surface area (Å²) in [6.45, 7) is 12.2. The van der Waals surface area contributed by atoms with Crippen molar-refractivity contribution < 1.29 is 4.79 Å². The van der Waals surface area contributed by atoms with E-state index < -0.39 is 0 Å². The van der Waals surface area contributed by atoms with E-state index in [1.807, 2.05) is 17.7 Å². The molecule has 0 aliphatic rings. The Morgan fingerprint density at radius 3 is 2.59 bits per heavy atom. The first kappa shape index (κ1) is 21.2. The van der Waals surface area contributed by atoms with Crippen molar-refractivity contribution in [2.45, 2.75) is 53.2 Å². The summed E-state index contributed by atoms with van der Waals surface area (Å²) in [4.78, 5) is 23.7. The lowest BCUT2D eigenvalue weighted by molar-refractivity contribution is 0.102. The number of nitrogens with zero attached hydrogens (tertiary/aromatic N) is 5. The van der Waals surface area contributed by atoms with Gasteiger partial charge in [-0.05, 0) is 52.3 Å². The van der Waals surface area contributed by atoms with Crippen molar-refractivity contribution in [3.05, 3.63) is 46.9 Å². The maximum atomic E-state index is 12.7. The van der Waals surface area contributed by atoms with Gasteiger partial charge in [-0.3, -0.25) is 9.69 Å². The highest BCUT2D eigenvalue weighted by Gasteiger charge is 2.17. The van der Waals surface area contributed by atoms with Crippen LogP contribution in [0.3, 0.4) is 0 Å². The molecule has 1 amide bonds. The number of hydrogen-bond donors (Lipinski definition) is 1. The normalized spacial score (nSPS) is 11.8. The Morgan fingerprint density at radius 2 is 1.93 bits per heavy atom. The average Bonchev–Trinajstić information content (AvgIpc) is 3.05. The van der Waals surface area contributed by atoms with E-state index in [0.717, 1.165) is 12.1 Å². The molecule has 2 heterocycles. The SMILES string of the molecule is Cc1ccc(C(=O)Nc2ncnc3c2cnn3CCN(C(C)C)C(C)C)c(Cl)c1. The van der Waals surface area contributed by atoms with Gasteiger partial charge in [0.1, 0.15) is 12.1 Å². The Kier molecular flexibility index (Phi) is 6.49. The van der Waals surface area contributed by atoms with Crippen molar-refractivity contribution in [3.63, 3.8) is 0 Å². The first-order chi connectivity index (χ1) is 13.8. The molecule has 1 N–H and O–H groups in total. The molecule has 0 fully saturated rings. The number of benzene rings is 1. The van der Waals surface area contributed by atoms with E-state index in [2.05, 4.69) is 53.0 Å². The van der Waals surface area contributed by atoms with Crippen LogP contribution in [0.25, 0.3) is 11.0 Å². The zero-order valence-corrected chi connectivity index (χ0v) is 18.2. The van der Waals surface area contributed by atoms with E-state index in [1.54, 1.807) is 18.3 Å². The Bertz CT molecular complexity index is 1010. The fraction of sp³-hybridized carbons (Fsp3) is 0.429. The minimum absolute atomic E-state index is 0.312. The van der Waals surface area contributed by atoms with Crippen molar-refractivity contribution in [2.75, 3.05) is 11.9 Å². The van der Waals surface area contributed by atoms with Gasteiger partial charge in [-0.25, -0.2) is 14.6 Å². The molecule has 0 bridgehead atoms. The van der Waals surface area contributed by atoms with Crippen LogP contribution in [-0.4, -0.2) is 49.2 Å². The fourth-order valence-electron chi connectivity index (χ4n) is 3.46. The van der Waals surface area contributed by atoms with Crippen LogP contribution in [0.5, 0.6) is 0 Å². The second kappa shape index (κ2) is 8.88. The van der Waals surface area contributed by atoms with Crippen LogP contribution in [0.15, 0.2) is 30.7 Å². The van der Waals surface area contributed by atoms with Crippen LogP contribution in [0.1, 0.15) is 43.6 Å². The van der Waals surface area contributed by atoms with Crippen LogP contribution in [-0.2, 0) is 6.54 Å². The van der Waals surface area contributed by atoms with Crippen molar-refractivity contribution >= 4 is 34.4 Å². The molecule has 0 aliphatic heterocycles. The number of hydrogen-bond acceptors (Lipinski definition) is 5. The number of aromatic nitrogens is 4. The van der Waals surface area contributed by atoms with Gasteiger partial charge in [0.2, 0.25) is 0 Å². The fourth-order valence-corrected chi connectivity index (χ4v) is 3.78. The maximum Gasteiger partial charge on any atom is 0.258 e. The number of halogens is 1. The number of aryl methyl sites for hydroxylation is 1. The van der Waals surface area contributed by atoms with E-state index in [-0.39, 0.29) is 5.91 Å². The quantitative estimate of drug-likeness (QED) is 0.628. The summed E-state index contributed by atoms with van der Waals surface area (Å²) in [6.07, 6.45) is 3.13. The molecule has 29 heavy (non-hydrogen) atoms. The molecule has 2 aromatic heterocycles. The standard InChI is InChI=1S/C21H27ClN6O/c1-13(2)27(14(3)4)8-9-28-20-17(11-25-28)19(23-12-24-20)26-21(29)16-7-6-15(5)10-18(16)22/h6-7,10-14H,8-9H2,1-5H3,(H,23,24,26,29). The van der Waals surface area contributed by atoms with E-state index in [4.69, 9.17) is 11.6 Å². The number of carbonyl (C=O) groups is 1. The van der Waals surface area contributed by atoms with E-state index in [1.165, 1.54) is 6.33 Å². The summed E-state index contributed by atoms with van der Waals surface area (Å²) in [7, 11) is 0. The van der Waals surface area contributed by atoms with Gasteiger partial charge in [-0.2, -0.15) is 5.10 Å². The largest absolute Gasteiger partial charge is 0.306 e. The van der Waals surface area contributed by atoms with Crippen molar-refractivity contribution in [1.82, 2.24) is 24.6 Å². The van der Waals surface area contributed by atoms with Crippen molar-refractivity contribution in [2.24, 2.45) is 0 Å². The summed E-state index contributed by atoms with van der Waals surface area (Å²) >= 11 is 6.22. The number of rotatable bonds is 7. The number of anilines is 1. The minimum atomic E-state index is -0.312. The molecule has 0 atom stereocenters.